The minimum Gasteiger partial charge on any atom is -0.480 e. The Morgan fingerprint density at radius 1 is 1.36 bits per heavy atom. The fourth-order valence-electron chi connectivity index (χ4n) is 2.88. The maximum absolute atomic E-state index is 11.4. The zero-order valence-electron chi connectivity index (χ0n) is 12.7. The second-order valence-corrected chi connectivity index (χ2v) is 6.69. The number of nitrogens with zero attached hydrogens (tertiary/aromatic N) is 2. The molecule has 1 saturated heterocycles. The summed E-state index contributed by atoms with van der Waals surface area (Å²) >= 11 is 1.62. The van der Waals surface area contributed by atoms with Crippen LogP contribution in [0, 0.1) is 6.92 Å². The van der Waals surface area contributed by atoms with Crippen LogP contribution in [0.25, 0.3) is 10.6 Å². The molecule has 0 bridgehead atoms. The monoisotopic (exact) mass is 316 g/mol. The summed E-state index contributed by atoms with van der Waals surface area (Å²) in [7, 11) is 0. The topological polar surface area (TPSA) is 53.4 Å². The Hall–Kier alpha value is -1.72. The molecule has 0 radical (unpaired) electrons. The van der Waals surface area contributed by atoms with Crippen molar-refractivity contribution in [3.05, 3.63) is 40.9 Å². The number of aromatic nitrogens is 1. The predicted octanol–water partition coefficient (Wildman–Crippen LogP) is 3.56. The van der Waals surface area contributed by atoms with E-state index < -0.39 is 5.97 Å². The minimum atomic E-state index is -0.714. The molecule has 0 amide bonds. The average Bonchev–Trinajstić information content (AvgIpc) is 2.97. The second-order valence-electron chi connectivity index (χ2n) is 5.83. The van der Waals surface area contributed by atoms with Crippen molar-refractivity contribution in [1.29, 1.82) is 0 Å². The van der Waals surface area contributed by atoms with Gasteiger partial charge in [0.15, 0.2) is 0 Å². The number of carbonyl (C=O) groups is 1. The number of carboxylic acid groups (broad SMARTS) is 1. The molecule has 0 aliphatic carbocycles. The summed E-state index contributed by atoms with van der Waals surface area (Å²) in [6.07, 6.45) is 2.81. The van der Waals surface area contributed by atoms with E-state index in [1.807, 2.05) is 10.3 Å². The van der Waals surface area contributed by atoms with E-state index in [2.05, 4.69) is 36.2 Å². The maximum atomic E-state index is 11.4. The van der Waals surface area contributed by atoms with Gasteiger partial charge in [-0.1, -0.05) is 36.2 Å². The predicted molar refractivity (Wildman–Crippen MR) is 88.0 cm³/mol. The van der Waals surface area contributed by atoms with Gasteiger partial charge in [0.1, 0.15) is 11.0 Å². The number of hydrogen-bond donors (Lipinski definition) is 1. The third-order valence-corrected chi connectivity index (χ3v) is 5.05. The Bertz CT molecular complexity index is 651. The van der Waals surface area contributed by atoms with Crippen molar-refractivity contribution in [2.24, 2.45) is 0 Å². The largest absolute Gasteiger partial charge is 0.480 e. The van der Waals surface area contributed by atoms with E-state index in [4.69, 9.17) is 0 Å². The Morgan fingerprint density at radius 2 is 2.14 bits per heavy atom. The smallest absolute Gasteiger partial charge is 0.320 e. The molecule has 22 heavy (non-hydrogen) atoms. The standard InChI is InChI=1S/C17H20N2O2S/c1-12-5-7-13(8-6-12)16-18-14(11-22-16)10-19-9-3-2-4-15(19)17(20)21/h5-8,11,15H,2-4,9-10H2,1H3,(H,20,21). The van der Waals surface area contributed by atoms with Gasteiger partial charge in [-0.2, -0.15) is 0 Å². The summed E-state index contributed by atoms with van der Waals surface area (Å²) in [6, 6.07) is 7.97. The minimum absolute atomic E-state index is 0.363. The third kappa shape index (κ3) is 3.36. The number of aryl methyl sites for hydroxylation is 1. The lowest BCUT2D eigenvalue weighted by Crippen LogP contribution is -2.44. The van der Waals surface area contributed by atoms with Crippen molar-refractivity contribution in [3.63, 3.8) is 0 Å². The van der Waals surface area contributed by atoms with Crippen molar-refractivity contribution < 1.29 is 9.90 Å². The van der Waals surface area contributed by atoms with Crippen LogP contribution >= 0.6 is 11.3 Å². The first-order valence-corrected chi connectivity index (χ1v) is 8.50. The lowest BCUT2D eigenvalue weighted by atomic mass is 10.0. The van der Waals surface area contributed by atoms with E-state index in [-0.39, 0.29) is 6.04 Å². The highest BCUT2D eigenvalue weighted by molar-refractivity contribution is 7.13. The van der Waals surface area contributed by atoms with E-state index in [1.54, 1.807) is 11.3 Å². The van der Waals surface area contributed by atoms with E-state index in [1.165, 1.54) is 5.56 Å². The summed E-state index contributed by atoms with van der Waals surface area (Å²) in [5, 5.41) is 12.4. The third-order valence-electron chi connectivity index (χ3n) is 4.11. The van der Waals surface area contributed by atoms with Crippen LogP contribution < -0.4 is 0 Å². The Morgan fingerprint density at radius 3 is 2.86 bits per heavy atom. The SMILES string of the molecule is Cc1ccc(-c2nc(CN3CCCCC3C(=O)O)cs2)cc1. The zero-order valence-corrected chi connectivity index (χ0v) is 13.5. The van der Waals surface area contributed by atoms with E-state index >= 15 is 0 Å². The van der Waals surface area contributed by atoms with Gasteiger partial charge in [-0.15, -0.1) is 11.3 Å². The van der Waals surface area contributed by atoms with E-state index in [0.717, 1.165) is 42.1 Å². The molecule has 116 valence electrons. The normalized spacial score (nSPS) is 19.2. The highest BCUT2D eigenvalue weighted by Gasteiger charge is 2.28. The molecular formula is C17H20N2O2S. The summed E-state index contributed by atoms with van der Waals surface area (Å²) in [6.45, 7) is 3.53. The van der Waals surface area contributed by atoms with Crippen LogP contribution in [0.4, 0.5) is 0 Å². The molecule has 2 heterocycles. The van der Waals surface area contributed by atoms with Crippen LogP contribution in [-0.4, -0.2) is 33.5 Å². The van der Waals surface area contributed by atoms with Crippen LogP contribution in [0.5, 0.6) is 0 Å². The van der Waals surface area contributed by atoms with Crippen LogP contribution in [0.3, 0.4) is 0 Å². The molecule has 1 aromatic carbocycles. The number of hydrogen-bond acceptors (Lipinski definition) is 4. The van der Waals surface area contributed by atoms with Crippen molar-refractivity contribution in [2.75, 3.05) is 6.54 Å². The average molecular weight is 316 g/mol. The number of benzene rings is 1. The van der Waals surface area contributed by atoms with Crippen LogP contribution in [0.1, 0.15) is 30.5 Å². The quantitative estimate of drug-likeness (QED) is 0.937. The molecule has 1 N–H and O–H groups in total. The number of piperidine rings is 1. The molecule has 1 fully saturated rings. The first-order valence-electron chi connectivity index (χ1n) is 7.62. The van der Waals surface area contributed by atoms with Gasteiger partial charge in [0.05, 0.1) is 5.69 Å². The molecule has 1 aliphatic heterocycles. The van der Waals surface area contributed by atoms with Crippen molar-refractivity contribution in [3.8, 4) is 10.6 Å². The van der Waals surface area contributed by atoms with E-state index in [9.17, 15) is 9.90 Å². The van der Waals surface area contributed by atoms with Gasteiger partial charge in [0, 0.05) is 17.5 Å². The Balaban J connectivity index is 1.73. The number of carboxylic acids is 1. The van der Waals surface area contributed by atoms with Crippen molar-refractivity contribution >= 4 is 17.3 Å². The number of aliphatic carboxylic acids is 1. The molecule has 0 saturated carbocycles. The number of rotatable bonds is 4. The second kappa shape index (κ2) is 6.58. The zero-order chi connectivity index (χ0) is 15.5. The first kappa shape index (κ1) is 15.2. The molecular weight excluding hydrogens is 296 g/mol. The van der Waals surface area contributed by atoms with Gasteiger partial charge in [-0.25, -0.2) is 4.98 Å². The highest BCUT2D eigenvalue weighted by Crippen LogP contribution is 2.26. The van der Waals surface area contributed by atoms with Crippen LogP contribution in [0.15, 0.2) is 29.6 Å². The fraction of sp³-hybridized carbons (Fsp3) is 0.412. The molecule has 1 unspecified atom stereocenters. The number of likely N-dealkylation sites (tertiary alicyclic amines) is 1. The molecule has 3 rings (SSSR count). The van der Waals surface area contributed by atoms with Crippen molar-refractivity contribution in [2.45, 2.75) is 38.8 Å². The fourth-order valence-corrected chi connectivity index (χ4v) is 3.69. The Kier molecular flexibility index (Phi) is 4.55. The lowest BCUT2D eigenvalue weighted by Gasteiger charge is -2.32. The molecule has 0 spiro atoms. The summed E-state index contributed by atoms with van der Waals surface area (Å²) in [5.41, 5.74) is 3.32. The summed E-state index contributed by atoms with van der Waals surface area (Å²) in [5.74, 6) is -0.714. The first-order chi connectivity index (χ1) is 10.6. The molecule has 4 nitrogen and oxygen atoms in total. The lowest BCUT2D eigenvalue weighted by molar-refractivity contribution is -0.144. The molecule has 1 aromatic heterocycles. The molecule has 5 heteroatoms. The van der Waals surface area contributed by atoms with Crippen molar-refractivity contribution in [1.82, 2.24) is 9.88 Å². The number of thiazole rings is 1. The van der Waals surface area contributed by atoms with E-state index in [0.29, 0.717) is 6.54 Å². The van der Waals surface area contributed by atoms with Gasteiger partial charge in [-0.3, -0.25) is 9.69 Å². The summed E-state index contributed by atoms with van der Waals surface area (Å²) < 4.78 is 0. The summed E-state index contributed by atoms with van der Waals surface area (Å²) in [4.78, 5) is 18.1. The van der Waals surface area contributed by atoms with Gasteiger partial charge in [-0.05, 0) is 26.3 Å². The van der Waals surface area contributed by atoms with Gasteiger partial charge >= 0.3 is 5.97 Å². The molecule has 2 aromatic rings. The molecule has 1 aliphatic rings. The van der Waals surface area contributed by atoms with Gasteiger partial charge < -0.3 is 5.11 Å². The van der Waals surface area contributed by atoms with Crippen LogP contribution in [-0.2, 0) is 11.3 Å². The maximum Gasteiger partial charge on any atom is 0.320 e. The highest BCUT2D eigenvalue weighted by atomic mass is 32.1. The van der Waals surface area contributed by atoms with Crippen LogP contribution in [0.2, 0.25) is 0 Å². The van der Waals surface area contributed by atoms with Gasteiger partial charge in [0.25, 0.3) is 0 Å². The van der Waals surface area contributed by atoms with Gasteiger partial charge in [0.2, 0.25) is 0 Å². The molecule has 1 atom stereocenters. The Labute approximate surface area is 134 Å².